The molecule has 2 heteroatoms. The van der Waals surface area contributed by atoms with Crippen molar-refractivity contribution in [3.8, 4) is 0 Å². The fourth-order valence-electron chi connectivity index (χ4n) is 4.32. The summed E-state index contributed by atoms with van der Waals surface area (Å²) in [7, 11) is 0. The second-order valence-corrected chi connectivity index (χ2v) is 7.36. The summed E-state index contributed by atoms with van der Waals surface area (Å²) in [6.45, 7) is 9.50. The maximum Gasteiger partial charge on any atom is 0.0450 e. The number of nitrogens with zero attached hydrogens (tertiary/aromatic N) is 1. The van der Waals surface area contributed by atoms with Crippen molar-refractivity contribution < 1.29 is 0 Å². The Morgan fingerprint density at radius 1 is 1.14 bits per heavy atom. The van der Waals surface area contributed by atoms with E-state index in [0.29, 0.717) is 12.1 Å². The Morgan fingerprint density at radius 3 is 2.52 bits per heavy atom. The molecule has 0 spiro atoms. The van der Waals surface area contributed by atoms with Gasteiger partial charge < -0.3 is 5.32 Å². The van der Waals surface area contributed by atoms with Crippen LogP contribution in [0.3, 0.4) is 0 Å². The Kier molecular flexibility index (Phi) is 4.66. The van der Waals surface area contributed by atoms with Gasteiger partial charge in [-0.3, -0.25) is 4.90 Å². The Balaban J connectivity index is 1.78. The van der Waals surface area contributed by atoms with Crippen molar-refractivity contribution in [1.29, 1.82) is 0 Å². The second kappa shape index (κ2) is 6.50. The standard InChI is InChI=1S/C19H30N2/c1-14(2)19-12-20-17(16-9-5-4-6-10-16)13-21(19)18-11-7-8-15(18)3/h4-6,9-10,14-15,17-20H,7-8,11-13H2,1-3H3. The molecule has 4 atom stereocenters. The van der Waals surface area contributed by atoms with Crippen LogP contribution in [0.25, 0.3) is 0 Å². The van der Waals surface area contributed by atoms with Crippen molar-refractivity contribution >= 4 is 0 Å². The van der Waals surface area contributed by atoms with E-state index in [9.17, 15) is 0 Å². The van der Waals surface area contributed by atoms with Crippen molar-refractivity contribution in [3.05, 3.63) is 35.9 Å². The Bertz CT molecular complexity index is 440. The lowest BCUT2D eigenvalue weighted by atomic mass is 9.91. The largest absolute Gasteiger partial charge is 0.307 e. The van der Waals surface area contributed by atoms with Crippen LogP contribution in [0.15, 0.2) is 30.3 Å². The minimum Gasteiger partial charge on any atom is -0.307 e. The molecule has 116 valence electrons. The first-order chi connectivity index (χ1) is 10.2. The van der Waals surface area contributed by atoms with Gasteiger partial charge in [-0.15, -0.1) is 0 Å². The molecule has 0 amide bonds. The van der Waals surface area contributed by atoms with E-state index >= 15 is 0 Å². The minimum atomic E-state index is 0.494. The number of piperazine rings is 1. The summed E-state index contributed by atoms with van der Waals surface area (Å²) in [6, 6.07) is 12.9. The molecule has 1 aromatic rings. The van der Waals surface area contributed by atoms with Gasteiger partial charge in [0, 0.05) is 31.2 Å². The first-order valence-electron chi connectivity index (χ1n) is 8.71. The van der Waals surface area contributed by atoms with Crippen LogP contribution < -0.4 is 5.32 Å². The zero-order valence-corrected chi connectivity index (χ0v) is 13.8. The van der Waals surface area contributed by atoms with Crippen LogP contribution in [0.5, 0.6) is 0 Å². The van der Waals surface area contributed by atoms with Gasteiger partial charge in [-0.1, -0.05) is 57.5 Å². The SMILES string of the molecule is CC(C)C1CNC(c2ccccc2)CN1C1CCCC1C. The molecule has 1 saturated carbocycles. The topological polar surface area (TPSA) is 15.3 Å². The van der Waals surface area contributed by atoms with Gasteiger partial charge in [0.15, 0.2) is 0 Å². The summed E-state index contributed by atoms with van der Waals surface area (Å²) in [5.41, 5.74) is 1.44. The average Bonchev–Trinajstić information content (AvgIpc) is 2.93. The van der Waals surface area contributed by atoms with Gasteiger partial charge in [0.25, 0.3) is 0 Å². The van der Waals surface area contributed by atoms with Crippen molar-refractivity contribution in [2.24, 2.45) is 11.8 Å². The van der Waals surface area contributed by atoms with E-state index in [2.05, 4.69) is 61.3 Å². The highest BCUT2D eigenvalue weighted by Gasteiger charge is 2.38. The highest BCUT2D eigenvalue weighted by molar-refractivity contribution is 5.20. The fourth-order valence-corrected chi connectivity index (χ4v) is 4.32. The first-order valence-corrected chi connectivity index (χ1v) is 8.71. The summed E-state index contributed by atoms with van der Waals surface area (Å²) in [6.07, 6.45) is 4.22. The van der Waals surface area contributed by atoms with Gasteiger partial charge in [0.2, 0.25) is 0 Å². The number of hydrogen-bond donors (Lipinski definition) is 1. The average molecular weight is 286 g/mol. The molecular weight excluding hydrogens is 256 g/mol. The zero-order valence-electron chi connectivity index (χ0n) is 13.8. The maximum atomic E-state index is 3.79. The summed E-state index contributed by atoms with van der Waals surface area (Å²) >= 11 is 0. The van der Waals surface area contributed by atoms with Crippen LogP contribution >= 0.6 is 0 Å². The normalized spacial score (nSPS) is 34.5. The lowest BCUT2D eigenvalue weighted by Crippen LogP contribution is -2.58. The van der Waals surface area contributed by atoms with Crippen LogP contribution in [-0.4, -0.2) is 30.1 Å². The second-order valence-electron chi connectivity index (χ2n) is 7.36. The Morgan fingerprint density at radius 2 is 1.90 bits per heavy atom. The number of hydrogen-bond acceptors (Lipinski definition) is 2. The van der Waals surface area contributed by atoms with Crippen molar-refractivity contribution in [2.75, 3.05) is 13.1 Å². The molecule has 2 fully saturated rings. The van der Waals surface area contributed by atoms with Gasteiger partial charge in [-0.2, -0.15) is 0 Å². The predicted octanol–water partition coefficient (Wildman–Crippen LogP) is 3.85. The van der Waals surface area contributed by atoms with Crippen molar-refractivity contribution in [1.82, 2.24) is 10.2 Å². The van der Waals surface area contributed by atoms with E-state index in [4.69, 9.17) is 0 Å². The van der Waals surface area contributed by atoms with E-state index in [1.54, 1.807) is 0 Å². The van der Waals surface area contributed by atoms with E-state index in [-0.39, 0.29) is 0 Å². The highest BCUT2D eigenvalue weighted by atomic mass is 15.3. The highest BCUT2D eigenvalue weighted by Crippen LogP contribution is 2.35. The maximum absolute atomic E-state index is 3.79. The molecular formula is C19H30N2. The third-order valence-electron chi connectivity index (χ3n) is 5.61. The molecule has 2 nitrogen and oxygen atoms in total. The van der Waals surface area contributed by atoms with Gasteiger partial charge in [0.05, 0.1) is 0 Å². The summed E-state index contributed by atoms with van der Waals surface area (Å²) < 4.78 is 0. The monoisotopic (exact) mass is 286 g/mol. The Labute approximate surface area is 129 Å². The minimum absolute atomic E-state index is 0.494. The zero-order chi connectivity index (χ0) is 14.8. The number of nitrogens with one attached hydrogen (secondary N) is 1. The molecule has 1 aliphatic heterocycles. The number of benzene rings is 1. The van der Waals surface area contributed by atoms with Gasteiger partial charge >= 0.3 is 0 Å². The van der Waals surface area contributed by atoms with Crippen molar-refractivity contribution in [2.45, 2.75) is 58.2 Å². The molecule has 1 saturated heterocycles. The Hall–Kier alpha value is -0.860. The molecule has 0 bridgehead atoms. The van der Waals surface area contributed by atoms with Crippen LogP contribution in [0.2, 0.25) is 0 Å². The number of rotatable bonds is 3. The van der Waals surface area contributed by atoms with Gasteiger partial charge in [-0.05, 0) is 30.2 Å². The fraction of sp³-hybridized carbons (Fsp3) is 0.684. The van der Waals surface area contributed by atoms with Crippen LogP contribution in [-0.2, 0) is 0 Å². The smallest absolute Gasteiger partial charge is 0.0450 e. The van der Waals surface area contributed by atoms with Crippen LogP contribution in [0.4, 0.5) is 0 Å². The molecule has 4 unspecified atom stereocenters. The summed E-state index contributed by atoms with van der Waals surface area (Å²) in [4.78, 5) is 2.84. The molecule has 2 aliphatic rings. The predicted molar refractivity (Wildman–Crippen MR) is 89.3 cm³/mol. The van der Waals surface area contributed by atoms with Crippen LogP contribution in [0.1, 0.15) is 51.6 Å². The molecule has 1 heterocycles. The molecule has 1 aliphatic carbocycles. The van der Waals surface area contributed by atoms with E-state index in [1.807, 2.05) is 0 Å². The molecule has 0 radical (unpaired) electrons. The van der Waals surface area contributed by atoms with Gasteiger partial charge in [0.1, 0.15) is 0 Å². The molecule has 21 heavy (non-hydrogen) atoms. The lowest BCUT2D eigenvalue weighted by molar-refractivity contribution is 0.0418. The third kappa shape index (κ3) is 3.17. The molecule has 1 aromatic carbocycles. The molecule has 1 N–H and O–H groups in total. The quantitative estimate of drug-likeness (QED) is 0.908. The van der Waals surface area contributed by atoms with Gasteiger partial charge in [-0.25, -0.2) is 0 Å². The molecule has 0 aromatic heterocycles. The van der Waals surface area contributed by atoms with E-state index in [1.165, 1.54) is 31.4 Å². The first kappa shape index (κ1) is 15.1. The third-order valence-corrected chi connectivity index (χ3v) is 5.61. The van der Waals surface area contributed by atoms with E-state index < -0.39 is 0 Å². The molecule has 3 rings (SSSR count). The van der Waals surface area contributed by atoms with Crippen molar-refractivity contribution in [3.63, 3.8) is 0 Å². The van der Waals surface area contributed by atoms with Crippen LogP contribution in [0, 0.1) is 11.8 Å². The van der Waals surface area contributed by atoms with E-state index in [0.717, 1.165) is 24.4 Å². The summed E-state index contributed by atoms with van der Waals surface area (Å²) in [5, 5.41) is 3.79. The lowest BCUT2D eigenvalue weighted by Gasteiger charge is -2.47. The summed E-state index contributed by atoms with van der Waals surface area (Å²) in [5.74, 6) is 1.59.